The van der Waals surface area contributed by atoms with Crippen molar-refractivity contribution in [3.63, 3.8) is 0 Å². The van der Waals surface area contributed by atoms with Gasteiger partial charge in [0.25, 0.3) is 0 Å². The van der Waals surface area contributed by atoms with Crippen molar-refractivity contribution < 1.29 is 0 Å². The van der Waals surface area contributed by atoms with E-state index in [1.807, 2.05) is 0 Å². The Kier molecular flexibility index (Phi) is 2.47. The number of rotatable bonds is 1. The van der Waals surface area contributed by atoms with Crippen LogP contribution in [0.15, 0.2) is 11.0 Å². The highest BCUT2D eigenvalue weighted by atomic mass is 32.7. The second-order valence-electron chi connectivity index (χ2n) is 3.19. The minimum atomic E-state index is 0.199. The smallest absolute Gasteiger partial charge is 0.0133 e. The molecule has 0 nitrogen and oxygen atoms in total. The molecule has 58 valence electrons. The van der Waals surface area contributed by atoms with Crippen molar-refractivity contribution in [1.82, 2.24) is 0 Å². The average molecular weight is 174 g/mol. The highest BCUT2D eigenvalue weighted by molar-refractivity contribution is 8.58. The predicted octanol–water partition coefficient (Wildman–Crippen LogP) is 3.83. The van der Waals surface area contributed by atoms with Gasteiger partial charge >= 0.3 is 0 Å². The first-order chi connectivity index (χ1) is 4.56. The van der Waals surface area contributed by atoms with Crippen LogP contribution in [0.2, 0.25) is 0 Å². The number of hydrogen-bond acceptors (Lipinski definition) is 1. The van der Waals surface area contributed by atoms with Crippen LogP contribution in [0.4, 0.5) is 0 Å². The van der Waals surface area contributed by atoms with Crippen LogP contribution in [-0.2, 0) is 0 Å². The Morgan fingerprint density at radius 3 is 2.40 bits per heavy atom. The van der Waals surface area contributed by atoms with Gasteiger partial charge in [-0.05, 0) is 25.1 Å². The Balaban J connectivity index is 2.71. The lowest BCUT2D eigenvalue weighted by Crippen LogP contribution is -2.09. The average Bonchev–Trinajstić information content (AvgIpc) is 2.04. The summed E-state index contributed by atoms with van der Waals surface area (Å²) in [6.07, 6.45) is 3.77. The Hall–Kier alpha value is 0.520. The first-order valence-corrected chi connectivity index (χ1v) is 6.66. The minimum absolute atomic E-state index is 0.199. The summed E-state index contributed by atoms with van der Waals surface area (Å²) >= 11 is 2.10. The monoisotopic (exact) mass is 174 g/mol. The Labute approximate surface area is 69.0 Å². The quantitative estimate of drug-likeness (QED) is 0.544. The molecule has 0 saturated carbocycles. The molecule has 0 fully saturated rings. The second-order valence-corrected chi connectivity index (χ2v) is 8.43. The van der Waals surface area contributed by atoms with Gasteiger partial charge in [0.1, 0.15) is 0 Å². The maximum atomic E-state index is 2.42. The Morgan fingerprint density at radius 2 is 2.20 bits per heavy atom. The van der Waals surface area contributed by atoms with E-state index >= 15 is 0 Å². The van der Waals surface area contributed by atoms with Crippen molar-refractivity contribution in [3.05, 3.63) is 11.0 Å². The van der Waals surface area contributed by atoms with Gasteiger partial charge in [0.05, 0.1) is 0 Å². The van der Waals surface area contributed by atoms with Crippen LogP contribution in [0, 0.1) is 0 Å². The molecule has 0 bridgehead atoms. The zero-order valence-corrected chi connectivity index (χ0v) is 8.85. The molecule has 10 heavy (non-hydrogen) atoms. The SMILES string of the molecule is CCP1SC(C)=CC1(C)C. The van der Waals surface area contributed by atoms with Crippen molar-refractivity contribution in [2.24, 2.45) is 0 Å². The van der Waals surface area contributed by atoms with E-state index in [1.54, 1.807) is 0 Å². The van der Waals surface area contributed by atoms with Gasteiger partial charge in [-0.15, -0.1) is 11.4 Å². The maximum Gasteiger partial charge on any atom is 0.0133 e. The third kappa shape index (κ3) is 1.57. The van der Waals surface area contributed by atoms with Crippen LogP contribution in [0.5, 0.6) is 0 Å². The van der Waals surface area contributed by atoms with E-state index in [9.17, 15) is 0 Å². The fourth-order valence-corrected chi connectivity index (χ4v) is 6.11. The second kappa shape index (κ2) is 2.87. The molecule has 0 aliphatic carbocycles. The summed E-state index contributed by atoms with van der Waals surface area (Å²) in [6.45, 7) is 9.23. The summed E-state index contributed by atoms with van der Waals surface area (Å²) in [7, 11) is 0.199. The lowest BCUT2D eigenvalue weighted by atomic mass is 10.2. The van der Waals surface area contributed by atoms with E-state index in [0.29, 0.717) is 5.16 Å². The Bertz CT molecular complexity index is 161. The van der Waals surface area contributed by atoms with Gasteiger partial charge in [-0.25, -0.2) is 0 Å². The van der Waals surface area contributed by atoms with Gasteiger partial charge in [-0.1, -0.05) is 26.8 Å². The molecule has 1 aliphatic heterocycles. The van der Waals surface area contributed by atoms with Gasteiger partial charge in [-0.3, -0.25) is 0 Å². The van der Waals surface area contributed by atoms with E-state index in [0.717, 1.165) is 0 Å². The van der Waals surface area contributed by atoms with Crippen LogP contribution in [-0.4, -0.2) is 11.3 Å². The molecule has 1 rings (SSSR count). The molecule has 0 aromatic carbocycles. The molecule has 0 aromatic heterocycles. The molecule has 0 N–H and O–H groups in total. The minimum Gasteiger partial charge on any atom is -0.103 e. The van der Waals surface area contributed by atoms with Crippen LogP contribution in [0.3, 0.4) is 0 Å². The van der Waals surface area contributed by atoms with Gasteiger partial charge < -0.3 is 0 Å². The van der Waals surface area contributed by atoms with Crippen LogP contribution >= 0.6 is 18.5 Å². The van der Waals surface area contributed by atoms with E-state index in [-0.39, 0.29) is 7.12 Å². The van der Waals surface area contributed by atoms with Gasteiger partial charge in [0.2, 0.25) is 0 Å². The summed E-state index contributed by atoms with van der Waals surface area (Å²) in [4.78, 5) is 1.53. The molecule has 1 heterocycles. The number of allylic oxidation sites excluding steroid dienone is 2. The van der Waals surface area contributed by atoms with Crippen molar-refractivity contribution in [2.75, 3.05) is 6.16 Å². The lowest BCUT2D eigenvalue weighted by molar-refractivity contribution is 0.885. The Morgan fingerprint density at radius 1 is 1.60 bits per heavy atom. The van der Waals surface area contributed by atoms with Gasteiger partial charge in [0, 0.05) is 5.16 Å². The summed E-state index contributed by atoms with van der Waals surface area (Å²) in [5, 5.41) is 0.499. The van der Waals surface area contributed by atoms with Crippen LogP contribution in [0.1, 0.15) is 27.7 Å². The molecule has 0 radical (unpaired) electrons. The van der Waals surface area contributed by atoms with E-state index in [4.69, 9.17) is 0 Å². The summed E-state index contributed by atoms with van der Waals surface area (Å²) < 4.78 is 0. The number of hydrogen-bond donors (Lipinski definition) is 0. The zero-order valence-electron chi connectivity index (χ0n) is 7.14. The third-order valence-electron chi connectivity index (χ3n) is 1.74. The molecule has 0 spiro atoms. The molecule has 1 aliphatic rings. The van der Waals surface area contributed by atoms with Gasteiger partial charge in [0.15, 0.2) is 0 Å². The first-order valence-electron chi connectivity index (χ1n) is 3.71. The zero-order chi connectivity index (χ0) is 7.78. The molecule has 1 unspecified atom stereocenters. The normalized spacial score (nSPS) is 30.4. The molecule has 1 atom stereocenters. The highest BCUT2D eigenvalue weighted by Crippen LogP contribution is 2.67. The van der Waals surface area contributed by atoms with Crippen molar-refractivity contribution in [2.45, 2.75) is 32.9 Å². The fraction of sp³-hybridized carbons (Fsp3) is 0.750. The topological polar surface area (TPSA) is 0 Å². The van der Waals surface area contributed by atoms with E-state index in [1.165, 1.54) is 11.1 Å². The molecule has 2 heteroatoms. The maximum absolute atomic E-state index is 2.42. The van der Waals surface area contributed by atoms with Crippen LogP contribution in [0.25, 0.3) is 0 Å². The molecular formula is C8H15PS. The van der Waals surface area contributed by atoms with Gasteiger partial charge in [-0.2, -0.15) is 0 Å². The standard InChI is InChI=1S/C8H15PS/c1-5-9-8(3,4)6-7(2)10-9/h6H,5H2,1-4H3. The van der Waals surface area contributed by atoms with Crippen molar-refractivity contribution in [1.29, 1.82) is 0 Å². The first kappa shape index (κ1) is 8.62. The van der Waals surface area contributed by atoms with E-state index in [2.05, 4.69) is 45.2 Å². The summed E-state index contributed by atoms with van der Waals surface area (Å²) in [6, 6.07) is 0. The van der Waals surface area contributed by atoms with Crippen LogP contribution < -0.4 is 0 Å². The fourth-order valence-electron chi connectivity index (χ4n) is 1.36. The summed E-state index contributed by atoms with van der Waals surface area (Å²) in [5.74, 6) is 0. The largest absolute Gasteiger partial charge is 0.103 e. The molecule has 0 amide bonds. The lowest BCUT2D eigenvalue weighted by Gasteiger charge is -2.23. The van der Waals surface area contributed by atoms with Crippen molar-refractivity contribution in [3.8, 4) is 0 Å². The molecule has 0 saturated heterocycles. The molecule has 0 aromatic rings. The van der Waals surface area contributed by atoms with Crippen molar-refractivity contribution >= 4 is 18.5 Å². The summed E-state index contributed by atoms with van der Waals surface area (Å²) in [5.41, 5.74) is 0. The molecular weight excluding hydrogens is 159 g/mol. The van der Waals surface area contributed by atoms with E-state index < -0.39 is 0 Å². The highest BCUT2D eigenvalue weighted by Gasteiger charge is 2.31. The third-order valence-corrected chi connectivity index (χ3v) is 8.07. The predicted molar refractivity (Wildman–Crippen MR) is 52.9 cm³/mol.